The molecule has 2 aromatic carbocycles. The van der Waals surface area contributed by atoms with Crippen molar-refractivity contribution < 1.29 is 26.5 Å². The van der Waals surface area contributed by atoms with Crippen LogP contribution in [0.3, 0.4) is 0 Å². The number of likely N-dealkylation sites (N-methyl/N-ethyl adjacent to an activating group) is 1. The standard InChI is InChI=1S/C20H22F2N2O2/c1-24(2)11-10-15-12-23-17-4-3-5-18(19(15)17)25-13-14-6-8-16(9-7-14)26-20(21)22/h3-9,12,20,23H,10-11,13H2,1-2H3/i1D3,2D3. The Morgan fingerprint density at radius 3 is 2.69 bits per heavy atom. The molecule has 0 saturated heterocycles. The normalized spacial score (nSPS) is 15.8. The molecule has 0 aliphatic carbocycles. The molecular formula is C20H22F2N2O2. The Morgan fingerprint density at radius 1 is 1.15 bits per heavy atom. The van der Waals surface area contributed by atoms with Crippen molar-refractivity contribution in [3.05, 3.63) is 59.8 Å². The van der Waals surface area contributed by atoms with Gasteiger partial charge in [0.2, 0.25) is 0 Å². The molecule has 0 spiro atoms. The number of ether oxygens (including phenoxy) is 2. The van der Waals surface area contributed by atoms with Gasteiger partial charge in [0.25, 0.3) is 0 Å². The van der Waals surface area contributed by atoms with Crippen molar-refractivity contribution in [1.82, 2.24) is 9.88 Å². The van der Waals surface area contributed by atoms with Crippen molar-refractivity contribution in [2.45, 2.75) is 19.6 Å². The number of hydrogen-bond acceptors (Lipinski definition) is 3. The number of rotatable bonds is 8. The van der Waals surface area contributed by atoms with Gasteiger partial charge in [0.05, 0.1) is 0 Å². The second-order valence-electron chi connectivity index (χ2n) is 5.71. The van der Waals surface area contributed by atoms with Crippen molar-refractivity contribution in [3.63, 3.8) is 0 Å². The molecule has 0 aliphatic heterocycles. The summed E-state index contributed by atoms with van der Waals surface area (Å²) in [6, 6.07) is 11.4. The zero-order chi connectivity index (χ0) is 23.5. The van der Waals surface area contributed by atoms with E-state index in [1.54, 1.807) is 30.5 Å². The van der Waals surface area contributed by atoms with Gasteiger partial charge in [-0.05, 0) is 55.8 Å². The molecule has 0 atom stereocenters. The second-order valence-corrected chi connectivity index (χ2v) is 5.71. The van der Waals surface area contributed by atoms with Crippen molar-refractivity contribution in [2.75, 3.05) is 20.5 Å². The maximum atomic E-state index is 12.3. The molecule has 0 radical (unpaired) electrons. The number of nitrogens with zero attached hydrogens (tertiary/aromatic N) is 1. The third-order valence-corrected chi connectivity index (χ3v) is 3.90. The van der Waals surface area contributed by atoms with Crippen molar-refractivity contribution in [2.24, 2.45) is 0 Å². The van der Waals surface area contributed by atoms with Crippen LogP contribution in [-0.2, 0) is 13.0 Å². The van der Waals surface area contributed by atoms with E-state index in [0.29, 0.717) is 10.6 Å². The van der Waals surface area contributed by atoms with E-state index in [2.05, 4.69) is 9.72 Å². The first-order valence-electron chi connectivity index (χ1n) is 11.0. The highest BCUT2D eigenvalue weighted by Crippen LogP contribution is 2.30. The Balaban J connectivity index is 1.76. The minimum atomic E-state index is -2.90. The van der Waals surface area contributed by atoms with E-state index >= 15 is 0 Å². The molecule has 6 heteroatoms. The SMILES string of the molecule is [2H]C([2H])([2H])N(CCc1c[nH]c2cccc(OCc3ccc(OC(F)F)cc3)c12)C([2H])([2H])[2H]. The monoisotopic (exact) mass is 366 g/mol. The Kier molecular flexibility index (Phi) is 3.75. The Hall–Kier alpha value is -2.60. The smallest absolute Gasteiger partial charge is 0.387 e. The number of nitrogens with one attached hydrogen (secondary N) is 1. The van der Waals surface area contributed by atoms with Crippen LogP contribution in [0.4, 0.5) is 8.78 Å². The lowest BCUT2D eigenvalue weighted by Gasteiger charge is -2.12. The number of aromatic amines is 1. The molecular weight excluding hydrogens is 338 g/mol. The number of fused-ring (bicyclic) bond motifs is 1. The second kappa shape index (κ2) is 8.19. The van der Waals surface area contributed by atoms with Gasteiger partial charge in [0.1, 0.15) is 18.1 Å². The average molecular weight is 366 g/mol. The number of H-pyrrole nitrogens is 1. The van der Waals surface area contributed by atoms with E-state index < -0.39 is 20.6 Å². The van der Waals surface area contributed by atoms with Gasteiger partial charge in [-0.3, -0.25) is 0 Å². The maximum Gasteiger partial charge on any atom is 0.387 e. The van der Waals surface area contributed by atoms with Crippen LogP contribution in [0.1, 0.15) is 19.4 Å². The molecule has 1 heterocycles. The highest BCUT2D eigenvalue weighted by atomic mass is 19.3. The largest absolute Gasteiger partial charge is 0.488 e. The molecule has 0 fully saturated rings. The number of hydrogen-bond donors (Lipinski definition) is 1. The molecule has 0 unspecified atom stereocenters. The van der Waals surface area contributed by atoms with Crippen LogP contribution in [0.15, 0.2) is 48.7 Å². The molecule has 1 N–H and O–H groups in total. The van der Waals surface area contributed by atoms with Crippen LogP contribution in [-0.4, -0.2) is 37.0 Å². The van der Waals surface area contributed by atoms with E-state index in [9.17, 15) is 8.78 Å². The fourth-order valence-corrected chi connectivity index (χ4v) is 2.70. The van der Waals surface area contributed by atoms with Gasteiger partial charge in [-0.25, -0.2) is 0 Å². The van der Waals surface area contributed by atoms with E-state index in [-0.39, 0.29) is 25.3 Å². The lowest BCUT2D eigenvalue weighted by atomic mass is 10.1. The topological polar surface area (TPSA) is 37.5 Å². The van der Waals surface area contributed by atoms with Crippen molar-refractivity contribution in [3.8, 4) is 11.5 Å². The fourth-order valence-electron chi connectivity index (χ4n) is 2.70. The Morgan fingerprint density at radius 2 is 1.96 bits per heavy atom. The predicted octanol–water partition coefficient (Wildman–Crippen LogP) is 4.45. The zero-order valence-electron chi connectivity index (χ0n) is 19.8. The van der Waals surface area contributed by atoms with Gasteiger partial charge in [-0.15, -0.1) is 0 Å². The summed E-state index contributed by atoms with van der Waals surface area (Å²) in [5.41, 5.74) is 2.21. The first kappa shape index (κ1) is 11.9. The van der Waals surface area contributed by atoms with E-state index in [4.69, 9.17) is 13.0 Å². The molecule has 3 aromatic rings. The van der Waals surface area contributed by atoms with Crippen LogP contribution in [0, 0.1) is 0 Å². The highest BCUT2D eigenvalue weighted by Gasteiger charge is 2.10. The lowest BCUT2D eigenvalue weighted by molar-refractivity contribution is -0.0498. The Labute approximate surface area is 159 Å². The van der Waals surface area contributed by atoms with Gasteiger partial charge < -0.3 is 19.4 Å². The van der Waals surface area contributed by atoms with Gasteiger partial charge in [-0.2, -0.15) is 8.78 Å². The van der Waals surface area contributed by atoms with Crippen LogP contribution in [0.25, 0.3) is 10.9 Å². The van der Waals surface area contributed by atoms with Gasteiger partial charge in [0, 0.05) is 31.9 Å². The molecule has 0 aliphatic rings. The predicted molar refractivity (Wildman–Crippen MR) is 98.0 cm³/mol. The lowest BCUT2D eigenvalue weighted by Crippen LogP contribution is -2.14. The molecule has 3 rings (SSSR count). The summed E-state index contributed by atoms with van der Waals surface area (Å²) in [4.78, 5) is 3.61. The summed E-state index contributed by atoms with van der Waals surface area (Å²) in [6.07, 6.45) is 1.88. The third-order valence-electron chi connectivity index (χ3n) is 3.90. The summed E-state index contributed by atoms with van der Waals surface area (Å²) in [7, 11) is 0. The number of halogens is 2. The number of benzene rings is 2. The van der Waals surface area contributed by atoms with E-state index in [0.717, 1.165) is 22.0 Å². The summed E-state index contributed by atoms with van der Waals surface area (Å²) >= 11 is 0. The molecule has 1 aromatic heterocycles. The third kappa shape index (κ3) is 4.52. The summed E-state index contributed by atoms with van der Waals surface area (Å²) < 4.78 is 79.8. The maximum absolute atomic E-state index is 12.3. The zero-order valence-corrected chi connectivity index (χ0v) is 13.8. The first-order chi connectivity index (χ1) is 14.9. The van der Waals surface area contributed by atoms with Gasteiger partial charge >= 0.3 is 6.61 Å². The van der Waals surface area contributed by atoms with Gasteiger partial charge in [-0.1, -0.05) is 18.2 Å². The number of aromatic nitrogens is 1. The molecule has 26 heavy (non-hydrogen) atoms. The van der Waals surface area contributed by atoms with Crippen molar-refractivity contribution >= 4 is 10.9 Å². The quantitative estimate of drug-likeness (QED) is 0.640. The van der Waals surface area contributed by atoms with E-state index in [1.165, 1.54) is 12.1 Å². The minimum Gasteiger partial charge on any atom is -0.488 e. The van der Waals surface area contributed by atoms with Crippen molar-refractivity contribution in [1.29, 1.82) is 0 Å². The first-order valence-corrected chi connectivity index (χ1v) is 7.98. The van der Waals surface area contributed by atoms with Crippen LogP contribution < -0.4 is 9.47 Å². The van der Waals surface area contributed by atoms with Crippen LogP contribution in [0.5, 0.6) is 11.5 Å². The molecule has 138 valence electrons. The molecule has 0 bridgehead atoms. The van der Waals surface area contributed by atoms with Gasteiger partial charge in [0.15, 0.2) is 0 Å². The highest BCUT2D eigenvalue weighted by molar-refractivity contribution is 5.89. The Bertz CT molecular complexity index is 1020. The van der Waals surface area contributed by atoms with Crippen LogP contribution in [0.2, 0.25) is 0 Å². The fraction of sp³-hybridized carbons (Fsp3) is 0.300. The molecule has 4 nitrogen and oxygen atoms in total. The summed E-state index contributed by atoms with van der Waals surface area (Å²) in [5, 5.41) is 0.723. The average Bonchev–Trinajstić information content (AvgIpc) is 3.09. The number of alkyl halides is 2. The summed E-state index contributed by atoms with van der Waals surface area (Å²) in [6.45, 7) is -8.43. The molecule has 0 amide bonds. The summed E-state index contributed by atoms with van der Waals surface area (Å²) in [5.74, 6) is 0.577. The van der Waals surface area contributed by atoms with Crippen LogP contribution >= 0.6 is 0 Å². The van der Waals surface area contributed by atoms with E-state index in [1.807, 2.05) is 6.07 Å². The minimum absolute atomic E-state index is 0.0480. The molecule has 0 saturated carbocycles.